The number of hydrogen-bond donors (Lipinski definition) is 1. The number of hydrogen-bond acceptors (Lipinski definition) is 2. The normalized spacial score (nSPS) is 11.1. The van der Waals surface area contributed by atoms with Crippen molar-refractivity contribution in [3.8, 4) is 11.8 Å². The van der Waals surface area contributed by atoms with E-state index in [9.17, 15) is 23.2 Å². The minimum atomic E-state index is -4.45. The Morgan fingerprint density at radius 3 is 2.57 bits per heavy atom. The second-order valence-corrected chi connectivity index (χ2v) is 6.84. The molecular weight excluding hydrogens is 435 g/mol. The van der Waals surface area contributed by atoms with E-state index in [1.807, 2.05) is 12.1 Å². The zero-order valence-electron chi connectivity index (χ0n) is 14.3. The molecule has 142 valence electrons. The summed E-state index contributed by atoms with van der Waals surface area (Å²) < 4.78 is 40.9. The van der Waals surface area contributed by atoms with Crippen LogP contribution in [0.5, 0.6) is 0 Å². The van der Waals surface area contributed by atoms with E-state index in [0.717, 1.165) is 16.6 Å². The lowest BCUT2D eigenvalue weighted by Crippen LogP contribution is -2.26. The van der Waals surface area contributed by atoms with Gasteiger partial charge in [-0.3, -0.25) is 4.79 Å². The number of halogens is 4. The molecule has 0 saturated heterocycles. The molecule has 1 aromatic heterocycles. The SMILES string of the molecule is N#Cc1ccn(-c2cccc(Br)c2)c1C(=O)NCc1cccc(C(F)(F)F)c1. The van der Waals surface area contributed by atoms with Gasteiger partial charge in [-0.1, -0.05) is 34.1 Å². The molecule has 3 rings (SSSR count). The van der Waals surface area contributed by atoms with Gasteiger partial charge >= 0.3 is 6.18 Å². The van der Waals surface area contributed by atoms with E-state index in [-0.39, 0.29) is 17.8 Å². The molecule has 0 aliphatic heterocycles. The zero-order chi connectivity index (χ0) is 20.3. The van der Waals surface area contributed by atoms with E-state index >= 15 is 0 Å². The Balaban J connectivity index is 1.86. The van der Waals surface area contributed by atoms with Crippen LogP contribution < -0.4 is 5.32 Å². The number of alkyl halides is 3. The second kappa shape index (κ2) is 7.90. The second-order valence-electron chi connectivity index (χ2n) is 5.92. The summed E-state index contributed by atoms with van der Waals surface area (Å²) in [7, 11) is 0. The molecule has 0 fully saturated rings. The van der Waals surface area contributed by atoms with E-state index < -0.39 is 17.6 Å². The average molecular weight is 448 g/mol. The maximum atomic E-state index is 12.8. The monoisotopic (exact) mass is 447 g/mol. The Morgan fingerprint density at radius 1 is 1.14 bits per heavy atom. The van der Waals surface area contributed by atoms with Gasteiger partial charge in [0.1, 0.15) is 11.8 Å². The topological polar surface area (TPSA) is 57.8 Å². The Kier molecular flexibility index (Phi) is 5.56. The van der Waals surface area contributed by atoms with E-state index in [4.69, 9.17) is 0 Å². The summed E-state index contributed by atoms with van der Waals surface area (Å²) in [6.45, 7) is -0.0999. The summed E-state index contributed by atoms with van der Waals surface area (Å²) >= 11 is 3.36. The molecule has 0 bridgehead atoms. The number of carbonyl (C=O) groups excluding carboxylic acids is 1. The van der Waals surface area contributed by atoms with Crippen LogP contribution in [0, 0.1) is 11.3 Å². The van der Waals surface area contributed by atoms with E-state index in [1.165, 1.54) is 18.2 Å². The van der Waals surface area contributed by atoms with Crippen molar-refractivity contribution in [3.05, 3.63) is 87.7 Å². The molecular formula is C20H13BrF3N3O. The Bertz CT molecular complexity index is 1070. The van der Waals surface area contributed by atoms with Crippen molar-refractivity contribution in [2.75, 3.05) is 0 Å². The largest absolute Gasteiger partial charge is 0.416 e. The van der Waals surface area contributed by atoms with Gasteiger partial charge in [0, 0.05) is 22.9 Å². The van der Waals surface area contributed by atoms with Gasteiger partial charge in [0.05, 0.1) is 11.1 Å². The predicted molar refractivity (Wildman–Crippen MR) is 101 cm³/mol. The maximum Gasteiger partial charge on any atom is 0.416 e. The van der Waals surface area contributed by atoms with Crippen LogP contribution in [0.25, 0.3) is 5.69 Å². The Morgan fingerprint density at radius 2 is 1.89 bits per heavy atom. The molecule has 1 heterocycles. The van der Waals surface area contributed by atoms with Gasteiger partial charge < -0.3 is 9.88 Å². The lowest BCUT2D eigenvalue weighted by molar-refractivity contribution is -0.137. The first-order valence-electron chi connectivity index (χ1n) is 8.11. The van der Waals surface area contributed by atoms with Gasteiger partial charge in [-0.15, -0.1) is 0 Å². The molecule has 8 heteroatoms. The summed E-state index contributed by atoms with van der Waals surface area (Å²) in [6, 6.07) is 15.4. The first-order valence-corrected chi connectivity index (χ1v) is 8.90. The summed E-state index contributed by atoms with van der Waals surface area (Å²) in [6.07, 6.45) is -2.86. The highest BCUT2D eigenvalue weighted by atomic mass is 79.9. The van der Waals surface area contributed by atoms with Crippen LogP contribution >= 0.6 is 15.9 Å². The van der Waals surface area contributed by atoms with Gasteiger partial charge in [-0.2, -0.15) is 18.4 Å². The molecule has 4 nitrogen and oxygen atoms in total. The Labute approximate surface area is 167 Å². The van der Waals surface area contributed by atoms with Crippen LogP contribution in [0.15, 0.2) is 65.3 Å². The van der Waals surface area contributed by atoms with Gasteiger partial charge in [-0.05, 0) is 42.0 Å². The third-order valence-electron chi connectivity index (χ3n) is 4.02. The fourth-order valence-corrected chi connectivity index (χ4v) is 3.11. The first kappa shape index (κ1) is 19.7. The number of carbonyl (C=O) groups is 1. The summed E-state index contributed by atoms with van der Waals surface area (Å²) in [5.74, 6) is -0.557. The molecule has 3 aromatic rings. The van der Waals surface area contributed by atoms with Crippen molar-refractivity contribution < 1.29 is 18.0 Å². The number of nitriles is 1. The average Bonchev–Trinajstić information content (AvgIpc) is 3.10. The number of amides is 1. The minimum absolute atomic E-state index is 0.0999. The highest BCUT2D eigenvalue weighted by molar-refractivity contribution is 9.10. The van der Waals surface area contributed by atoms with Gasteiger partial charge in [-0.25, -0.2) is 0 Å². The molecule has 0 radical (unpaired) electrons. The lowest BCUT2D eigenvalue weighted by atomic mass is 10.1. The molecule has 1 amide bonds. The third-order valence-corrected chi connectivity index (χ3v) is 4.51. The zero-order valence-corrected chi connectivity index (χ0v) is 15.9. The Hall–Kier alpha value is -3.05. The van der Waals surface area contributed by atoms with Crippen molar-refractivity contribution in [2.45, 2.75) is 12.7 Å². The van der Waals surface area contributed by atoms with Crippen molar-refractivity contribution in [1.29, 1.82) is 5.26 Å². The molecule has 0 saturated carbocycles. The molecule has 0 atom stereocenters. The lowest BCUT2D eigenvalue weighted by Gasteiger charge is -2.12. The smallest absolute Gasteiger partial charge is 0.347 e. The number of benzene rings is 2. The van der Waals surface area contributed by atoms with Gasteiger partial charge in [0.15, 0.2) is 0 Å². The number of nitrogens with zero attached hydrogens (tertiary/aromatic N) is 2. The first-order chi connectivity index (χ1) is 13.3. The van der Waals surface area contributed by atoms with Crippen molar-refractivity contribution in [3.63, 3.8) is 0 Å². The highest BCUT2D eigenvalue weighted by Gasteiger charge is 2.30. The molecule has 0 aliphatic carbocycles. The quantitative estimate of drug-likeness (QED) is 0.607. The number of aromatic nitrogens is 1. The van der Waals surface area contributed by atoms with Crippen LogP contribution in [0.1, 0.15) is 27.2 Å². The summed E-state index contributed by atoms with van der Waals surface area (Å²) in [4.78, 5) is 12.7. The molecule has 28 heavy (non-hydrogen) atoms. The van der Waals surface area contributed by atoms with Crippen molar-refractivity contribution in [1.82, 2.24) is 9.88 Å². The number of nitrogens with one attached hydrogen (secondary N) is 1. The van der Waals surface area contributed by atoms with E-state index in [1.54, 1.807) is 29.0 Å². The predicted octanol–water partition coefficient (Wildman–Crippen LogP) is 5.06. The molecule has 1 N–H and O–H groups in total. The van der Waals surface area contributed by atoms with E-state index in [2.05, 4.69) is 21.2 Å². The van der Waals surface area contributed by atoms with Crippen LogP contribution in [0.2, 0.25) is 0 Å². The highest BCUT2D eigenvalue weighted by Crippen LogP contribution is 2.29. The summed E-state index contributed by atoms with van der Waals surface area (Å²) in [5, 5.41) is 11.9. The van der Waals surface area contributed by atoms with Crippen molar-refractivity contribution >= 4 is 21.8 Å². The van der Waals surface area contributed by atoms with Crippen molar-refractivity contribution in [2.24, 2.45) is 0 Å². The van der Waals surface area contributed by atoms with E-state index in [0.29, 0.717) is 11.3 Å². The van der Waals surface area contributed by atoms with Crippen LogP contribution in [0.4, 0.5) is 13.2 Å². The maximum absolute atomic E-state index is 12.8. The minimum Gasteiger partial charge on any atom is -0.347 e. The van der Waals surface area contributed by atoms with Crippen LogP contribution in [-0.4, -0.2) is 10.5 Å². The molecule has 2 aromatic carbocycles. The fourth-order valence-electron chi connectivity index (χ4n) is 2.72. The molecule has 0 aliphatic rings. The van der Waals surface area contributed by atoms with Crippen LogP contribution in [-0.2, 0) is 12.7 Å². The molecule has 0 unspecified atom stereocenters. The summed E-state index contributed by atoms with van der Waals surface area (Å²) in [5.41, 5.74) is 0.478. The third kappa shape index (κ3) is 4.26. The number of rotatable bonds is 4. The van der Waals surface area contributed by atoms with Crippen LogP contribution in [0.3, 0.4) is 0 Å². The standard InChI is InChI=1S/C20H13BrF3N3O/c21-16-5-2-6-17(10-16)27-8-7-14(11-25)18(27)19(28)26-12-13-3-1-4-15(9-13)20(22,23)24/h1-10H,12H2,(H,26,28). The fraction of sp³-hybridized carbons (Fsp3) is 0.100. The van der Waals surface area contributed by atoms with Gasteiger partial charge in [0.25, 0.3) is 5.91 Å². The molecule has 0 spiro atoms. The van der Waals surface area contributed by atoms with Gasteiger partial charge in [0.2, 0.25) is 0 Å².